The number of nitrogens with zero attached hydrogens (tertiary/aromatic N) is 1. The number of rotatable bonds is 9. The van der Waals surface area contributed by atoms with Gasteiger partial charge >= 0.3 is 0 Å². The third-order valence-corrected chi connectivity index (χ3v) is 4.36. The van der Waals surface area contributed by atoms with E-state index in [1.54, 1.807) is 6.92 Å². The zero-order valence-electron chi connectivity index (χ0n) is 13.1. The number of amides is 1. The summed E-state index contributed by atoms with van der Waals surface area (Å²) in [5.41, 5.74) is 5.22. The molecular formula is C13H21ClN4O5S. The van der Waals surface area contributed by atoms with Gasteiger partial charge in [-0.3, -0.25) is 14.9 Å². The van der Waals surface area contributed by atoms with Crippen molar-refractivity contribution in [3.63, 3.8) is 0 Å². The molecule has 136 valence electrons. The standard InChI is InChI=1S/C13H20N4O5S.ClH/c1-10(14)5-6-13(18)15-7-8-16-23(21,22)12-4-2-3-11(9-12)17(19)20;/h2-4,9-10,16H,5-8,14H2,1H3,(H,15,18);1H. The van der Waals surface area contributed by atoms with Gasteiger partial charge in [-0.25, -0.2) is 13.1 Å². The Labute approximate surface area is 146 Å². The minimum Gasteiger partial charge on any atom is -0.355 e. The maximum atomic E-state index is 12.0. The third kappa shape index (κ3) is 7.68. The summed E-state index contributed by atoms with van der Waals surface area (Å²) >= 11 is 0. The van der Waals surface area contributed by atoms with E-state index in [1.165, 1.54) is 18.2 Å². The highest BCUT2D eigenvalue weighted by molar-refractivity contribution is 7.89. The first kappa shape index (κ1) is 22.2. The van der Waals surface area contributed by atoms with E-state index in [-0.39, 0.29) is 54.4 Å². The van der Waals surface area contributed by atoms with Crippen LogP contribution in [0, 0.1) is 10.1 Å². The fourth-order valence-electron chi connectivity index (χ4n) is 1.68. The lowest BCUT2D eigenvalue weighted by Gasteiger charge is -2.09. The molecule has 1 unspecified atom stereocenters. The number of sulfonamides is 1. The summed E-state index contributed by atoms with van der Waals surface area (Å²) in [6.45, 7) is 1.89. The molecule has 0 aliphatic heterocycles. The second-order valence-corrected chi connectivity index (χ2v) is 6.79. The van der Waals surface area contributed by atoms with Crippen LogP contribution >= 0.6 is 12.4 Å². The van der Waals surface area contributed by atoms with E-state index in [4.69, 9.17) is 5.73 Å². The lowest BCUT2D eigenvalue weighted by molar-refractivity contribution is -0.385. The molecule has 4 N–H and O–H groups in total. The molecule has 0 spiro atoms. The Morgan fingerprint density at radius 2 is 2.04 bits per heavy atom. The van der Waals surface area contributed by atoms with E-state index in [0.29, 0.717) is 6.42 Å². The number of nitro benzene ring substituents is 1. The average molecular weight is 381 g/mol. The van der Waals surface area contributed by atoms with Crippen molar-refractivity contribution in [2.75, 3.05) is 13.1 Å². The summed E-state index contributed by atoms with van der Waals surface area (Å²) in [5, 5.41) is 13.2. The van der Waals surface area contributed by atoms with Crippen molar-refractivity contribution >= 4 is 34.0 Å². The van der Waals surface area contributed by atoms with Gasteiger partial charge in [0.15, 0.2) is 0 Å². The highest BCUT2D eigenvalue weighted by Crippen LogP contribution is 2.16. The van der Waals surface area contributed by atoms with Gasteiger partial charge < -0.3 is 11.1 Å². The van der Waals surface area contributed by atoms with E-state index in [0.717, 1.165) is 6.07 Å². The molecular weight excluding hydrogens is 360 g/mol. The number of carbonyl (C=O) groups excluding carboxylic acids is 1. The summed E-state index contributed by atoms with van der Waals surface area (Å²) in [6.07, 6.45) is 0.820. The smallest absolute Gasteiger partial charge is 0.270 e. The molecule has 1 aromatic carbocycles. The molecule has 0 aromatic heterocycles. The maximum absolute atomic E-state index is 12.0. The summed E-state index contributed by atoms with van der Waals surface area (Å²) in [7, 11) is -3.87. The molecule has 1 atom stereocenters. The number of hydrogen-bond donors (Lipinski definition) is 3. The van der Waals surface area contributed by atoms with E-state index in [9.17, 15) is 23.3 Å². The number of benzene rings is 1. The molecule has 1 amide bonds. The van der Waals surface area contributed by atoms with Gasteiger partial charge in [0.2, 0.25) is 15.9 Å². The van der Waals surface area contributed by atoms with Crippen LogP contribution in [0.25, 0.3) is 0 Å². The molecule has 9 nitrogen and oxygen atoms in total. The first-order valence-electron chi connectivity index (χ1n) is 6.99. The maximum Gasteiger partial charge on any atom is 0.270 e. The van der Waals surface area contributed by atoms with Gasteiger partial charge in [0.1, 0.15) is 0 Å². The van der Waals surface area contributed by atoms with Gasteiger partial charge in [0.25, 0.3) is 5.69 Å². The van der Waals surface area contributed by atoms with Crippen LogP contribution < -0.4 is 15.8 Å². The highest BCUT2D eigenvalue weighted by Gasteiger charge is 2.17. The number of halogens is 1. The number of non-ortho nitro benzene ring substituents is 1. The summed E-state index contributed by atoms with van der Waals surface area (Å²) in [6, 6.07) is 4.66. The molecule has 0 bridgehead atoms. The largest absolute Gasteiger partial charge is 0.355 e. The molecule has 0 heterocycles. The monoisotopic (exact) mass is 380 g/mol. The molecule has 0 saturated carbocycles. The third-order valence-electron chi connectivity index (χ3n) is 2.90. The van der Waals surface area contributed by atoms with Crippen LogP contribution in [-0.4, -0.2) is 38.4 Å². The molecule has 1 rings (SSSR count). The first-order chi connectivity index (χ1) is 10.7. The van der Waals surface area contributed by atoms with Crippen LogP contribution in [0.3, 0.4) is 0 Å². The predicted molar refractivity (Wildman–Crippen MR) is 91.4 cm³/mol. The Hall–Kier alpha value is -1.75. The quantitative estimate of drug-likeness (QED) is 0.324. The van der Waals surface area contributed by atoms with Gasteiger partial charge in [-0.05, 0) is 19.4 Å². The topological polar surface area (TPSA) is 144 Å². The SMILES string of the molecule is CC(N)CCC(=O)NCCNS(=O)(=O)c1cccc([N+](=O)[O-])c1.Cl. The lowest BCUT2D eigenvalue weighted by atomic mass is 10.2. The number of hydrogen-bond acceptors (Lipinski definition) is 6. The lowest BCUT2D eigenvalue weighted by Crippen LogP contribution is -2.35. The average Bonchev–Trinajstić information content (AvgIpc) is 2.49. The minimum absolute atomic E-state index is 0. The summed E-state index contributed by atoms with van der Waals surface area (Å²) in [5.74, 6) is -0.211. The number of nitrogens with one attached hydrogen (secondary N) is 2. The van der Waals surface area contributed by atoms with Crippen molar-refractivity contribution in [3.05, 3.63) is 34.4 Å². The van der Waals surface area contributed by atoms with Crippen molar-refractivity contribution in [2.45, 2.75) is 30.7 Å². The number of carbonyl (C=O) groups is 1. The first-order valence-corrected chi connectivity index (χ1v) is 8.47. The van der Waals surface area contributed by atoms with Crippen molar-refractivity contribution in [1.82, 2.24) is 10.0 Å². The molecule has 24 heavy (non-hydrogen) atoms. The zero-order valence-corrected chi connectivity index (χ0v) is 14.7. The molecule has 0 aliphatic rings. The van der Waals surface area contributed by atoms with Gasteiger partial charge in [-0.2, -0.15) is 0 Å². The van der Waals surface area contributed by atoms with Crippen molar-refractivity contribution in [2.24, 2.45) is 5.73 Å². The van der Waals surface area contributed by atoms with Gasteiger partial charge in [0.05, 0.1) is 9.82 Å². The van der Waals surface area contributed by atoms with Gasteiger partial charge in [0, 0.05) is 37.7 Å². The summed E-state index contributed by atoms with van der Waals surface area (Å²) < 4.78 is 26.3. The normalized spacial score (nSPS) is 12.1. The van der Waals surface area contributed by atoms with Crippen LogP contribution in [0.1, 0.15) is 19.8 Å². The van der Waals surface area contributed by atoms with E-state index < -0.39 is 14.9 Å². The zero-order chi connectivity index (χ0) is 17.5. The Morgan fingerprint density at radius 3 is 2.62 bits per heavy atom. The molecule has 11 heteroatoms. The van der Waals surface area contributed by atoms with Crippen LogP contribution in [0.5, 0.6) is 0 Å². The predicted octanol–water partition coefficient (Wildman–Crippen LogP) is 0.539. The van der Waals surface area contributed by atoms with Gasteiger partial charge in [-0.15, -0.1) is 12.4 Å². The molecule has 0 fully saturated rings. The molecule has 0 saturated heterocycles. The van der Waals surface area contributed by atoms with Crippen LogP contribution in [-0.2, 0) is 14.8 Å². The number of nitrogens with two attached hydrogens (primary N) is 1. The Morgan fingerprint density at radius 1 is 1.38 bits per heavy atom. The second kappa shape index (κ2) is 10.2. The van der Waals surface area contributed by atoms with E-state index >= 15 is 0 Å². The number of nitro groups is 1. The minimum atomic E-state index is -3.87. The molecule has 0 radical (unpaired) electrons. The fourth-order valence-corrected chi connectivity index (χ4v) is 2.75. The van der Waals surface area contributed by atoms with Crippen molar-refractivity contribution < 1.29 is 18.1 Å². The van der Waals surface area contributed by atoms with E-state index in [1.807, 2.05) is 0 Å². The molecule has 1 aromatic rings. The Kier molecular flexibility index (Phi) is 9.44. The van der Waals surface area contributed by atoms with Crippen LogP contribution in [0.2, 0.25) is 0 Å². The molecule has 0 aliphatic carbocycles. The Bertz CT molecular complexity index is 666. The van der Waals surface area contributed by atoms with Crippen molar-refractivity contribution in [1.29, 1.82) is 0 Å². The van der Waals surface area contributed by atoms with Crippen molar-refractivity contribution in [3.8, 4) is 0 Å². The fraction of sp³-hybridized carbons (Fsp3) is 0.462. The summed E-state index contributed by atoms with van der Waals surface area (Å²) in [4.78, 5) is 21.2. The highest BCUT2D eigenvalue weighted by atomic mass is 35.5. The Balaban J connectivity index is 0.00000529. The van der Waals surface area contributed by atoms with Crippen LogP contribution in [0.4, 0.5) is 5.69 Å². The van der Waals surface area contributed by atoms with E-state index in [2.05, 4.69) is 10.0 Å². The second-order valence-electron chi connectivity index (χ2n) is 5.02. The van der Waals surface area contributed by atoms with Gasteiger partial charge in [-0.1, -0.05) is 6.07 Å². The van der Waals surface area contributed by atoms with Crippen LogP contribution in [0.15, 0.2) is 29.2 Å².